The predicted molar refractivity (Wildman–Crippen MR) is 105 cm³/mol. The molecule has 0 saturated carbocycles. The largest absolute Gasteiger partial charge is 0.436 e. The maximum absolute atomic E-state index is 14.8. The number of ether oxygens (including phenoxy) is 1. The van der Waals surface area contributed by atoms with Gasteiger partial charge in [0, 0.05) is 30.4 Å². The number of hydrogen-bond donors (Lipinski definition) is 1. The van der Waals surface area contributed by atoms with Gasteiger partial charge >= 0.3 is 0 Å². The summed E-state index contributed by atoms with van der Waals surface area (Å²) < 4.78 is 22.5. The molecule has 0 atom stereocenters. The van der Waals surface area contributed by atoms with Crippen LogP contribution in [-0.4, -0.2) is 26.1 Å². The molecule has 0 fully saturated rings. The van der Waals surface area contributed by atoms with Crippen molar-refractivity contribution in [3.63, 3.8) is 0 Å². The average Bonchev–Trinajstić information content (AvgIpc) is 3.25. The standard InChI is InChI=1S/C20H15ClFN5O/c1-11-3-2-4-15(26-11)28-14-6-5-12(9-13(14)22)16-17-18(21)24-10-25-20(17)27-8-7-23-19(16)27/h2-6,9-10,23H,7-8H2,1H3. The fourth-order valence-electron chi connectivity index (χ4n) is 3.53. The van der Waals surface area contributed by atoms with Gasteiger partial charge in [-0.05, 0) is 30.7 Å². The first-order valence-corrected chi connectivity index (χ1v) is 9.17. The highest BCUT2D eigenvalue weighted by atomic mass is 35.5. The average molecular weight is 396 g/mol. The first-order chi connectivity index (χ1) is 13.6. The van der Waals surface area contributed by atoms with Gasteiger partial charge in [-0.15, -0.1) is 0 Å². The number of pyridine rings is 1. The lowest BCUT2D eigenvalue weighted by molar-refractivity contribution is 0.427. The minimum Gasteiger partial charge on any atom is -0.436 e. The zero-order valence-electron chi connectivity index (χ0n) is 14.9. The Hall–Kier alpha value is -3.19. The molecule has 28 heavy (non-hydrogen) atoms. The van der Waals surface area contributed by atoms with E-state index in [0.29, 0.717) is 22.0 Å². The SMILES string of the molecule is Cc1cccc(Oc2ccc(-c3c4n(c5ncnc(Cl)c35)CCN4)cc2F)n1. The van der Waals surface area contributed by atoms with Gasteiger partial charge in [0.1, 0.15) is 22.9 Å². The van der Waals surface area contributed by atoms with E-state index in [2.05, 4.69) is 20.3 Å². The number of aryl methyl sites for hydroxylation is 1. The van der Waals surface area contributed by atoms with Gasteiger partial charge in [-0.2, -0.15) is 0 Å². The fraction of sp³-hybridized carbons (Fsp3) is 0.150. The number of fused-ring (bicyclic) bond motifs is 3. The van der Waals surface area contributed by atoms with Crippen LogP contribution in [0.5, 0.6) is 11.6 Å². The van der Waals surface area contributed by atoms with Gasteiger partial charge < -0.3 is 14.6 Å². The van der Waals surface area contributed by atoms with Crippen LogP contribution in [0.25, 0.3) is 22.2 Å². The predicted octanol–water partition coefficient (Wildman–Crippen LogP) is 4.81. The van der Waals surface area contributed by atoms with E-state index >= 15 is 0 Å². The van der Waals surface area contributed by atoms with Gasteiger partial charge in [0.05, 0.1) is 5.39 Å². The zero-order valence-corrected chi connectivity index (χ0v) is 15.7. The third-order valence-electron chi connectivity index (χ3n) is 4.72. The Morgan fingerprint density at radius 3 is 2.93 bits per heavy atom. The summed E-state index contributed by atoms with van der Waals surface area (Å²) in [5, 5.41) is 4.39. The molecule has 0 radical (unpaired) electrons. The normalized spacial score (nSPS) is 12.8. The molecule has 5 rings (SSSR count). The molecule has 0 spiro atoms. The Labute approximate surface area is 165 Å². The van der Waals surface area contributed by atoms with Crippen molar-refractivity contribution in [3.05, 3.63) is 59.4 Å². The maximum Gasteiger partial charge on any atom is 0.219 e. The van der Waals surface area contributed by atoms with Crippen molar-refractivity contribution in [2.24, 2.45) is 0 Å². The summed E-state index contributed by atoms with van der Waals surface area (Å²) in [6.45, 7) is 3.40. The van der Waals surface area contributed by atoms with E-state index in [0.717, 1.165) is 35.8 Å². The second-order valence-corrected chi connectivity index (χ2v) is 6.89. The van der Waals surface area contributed by atoms with Crippen molar-refractivity contribution < 1.29 is 9.13 Å². The Balaban J connectivity index is 1.61. The number of nitrogens with one attached hydrogen (secondary N) is 1. The molecule has 8 heteroatoms. The van der Waals surface area contributed by atoms with E-state index in [9.17, 15) is 4.39 Å². The second-order valence-electron chi connectivity index (χ2n) is 6.53. The molecule has 6 nitrogen and oxygen atoms in total. The van der Waals surface area contributed by atoms with Crippen LogP contribution in [0.1, 0.15) is 5.69 Å². The molecule has 1 N–H and O–H groups in total. The maximum atomic E-state index is 14.8. The van der Waals surface area contributed by atoms with E-state index in [1.165, 1.54) is 12.4 Å². The topological polar surface area (TPSA) is 64.9 Å². The van der Waals surface area contributed by atoms with Crippen LogP contribution in [-0.2, 0) is 6.54 Å². The molecule has 1 aliphatic heterocycles. The molecule has 140 valence electrons. The number of anilines is 1. The fourth-order valence-corrected chi connectivity index (χ4v) is 3.75. The number of aromatic nitrogens is 4. The van der Waals surface area contributed by atoms with Crippen molar-refractivity contribution in [3.8, 4) is 22.8 Å². The lowest BCUT2D eigenvalue weighted by Gasteiger charge is -2.09. The zero-order chi connectivity index (χ0) is 19.3. The summed E-state index contributed by atoms with van der Waals surface area (Å²) in [6, 6.07) is 10.2. The van der Waals surface area contributed by atoms with Crippen LogP contribution in [0.15, 0.2) is 42.7 Å². The Kier molecular flexibility index (Phi) is 3.91. The van der Waals surface area contributed by atoms with Gasteiger partial charge in [0.15, 0.2) is 11.6 Å². The van der Waals surface area contributed by atoms with Crippen LogP contribution in [0, 0.1) is 12.7 Å². The van der Waals surface area contributed by atoms with E-state index in [-0.39, 0.29) is 5.75 Å². The van der Waals surface area contributed by atoms with Crippen molar-refractivity contribution >= 4 is 28.5 Å². The van der Waals surface area contributed by atoms with Crippen molar-refractivity contribution in [2.75, 3.05) is 11.9 Å². The minimum absolute atomic E-state index is 0.109. The van der Waals surface area contributed by atoms with E-state index < -0.39 is 5.82 Å². The molecule has 0 aliphatic carbocycles. The van der Waals surface area contributed by atoms with E-state index in [1.54, 1.807) is 18.2 Å². The summed E-state index contributed by atoms with van der Waals surface area (Å²) >= 11 is 6.35. The molecule has 0 unspecified atom stereocenters. The van der Waals surface area contributed by atoms with Crippen LogP contribution in [0.2, 0.25) is 5.15 Å². The Morgan fingerprint density at radius 1 is 1.21 bits per heavy atom. The molecule has 0 saturated heterocycles. The highest BCUT2D eigenvalue weighted by molar-refractivity contribution is 6.35. The van der Waals surface area contributed by atoms with E-state index in [1.807, 2.05) is 23.6 Å². The molecular formula is C20H15ClFN5O. The minimum atomic E-state index is -0.486. The highest BCUT2D eigenvalue weighted by Gasteiger charge is 2.25. The number of hydrogen-bond acceptors (Lipinski definition) is 5. The number of benzene rings is 1. The van der Waals surface area contributed by atoms with Crippen LogP contribution < -0.4 is 10.1 Å². The molecule has 1 aromatic carbocycles. The highest BCUT2D eigenvalue weighted by Crippen LogP contribution is 2.43. The number of halogens is 2. The lowest BCUT2D eigenvalue weighted by atomic mass is 10.0. The smallest absolute Gasteiger partial charge is 0.219 e. The Morgan fingerprint density at radius 2 is 2.11 bits per heavy atom. The van der Waals surface area contributed by atoms with Gasteiger partial charge in [-0.25, -0.2) is 19.3 Å². The van der Waals surface area contributed by atoms with Crippen molar-refractivity contribution in [1.29, 1.82) is 0 Å². The third kappa shape index (κ3) is 2.66. The van der Waals surface area contributed by atoms with Crippen LogP contribution in [0.4, 0.5) is 10.2 Å². The molecule has 0 bridgehead atoms. The summed E-state index contributed by atoms with van der Waals surface area (Å²) in [7, 11) is 0. The van der Waals surface area contributed by atoms with Gasteiger partial charge in [-0.3, -0.25) is 0 Å². The summed E-state index contributed by atoms with van der Waals surface area (Å²) in [6.07, 6.45) is 1.44. The monoisotopic (exact) mass is 395 g/mol. The number of rotatable bonds is 3. The molecule has 4 aromatic rings. The Bertz CT molecular complexity index is 1220. The van der Waals surface area contributed by atoms with Crippen LogP contribution >= 0.6 is 11.6 Å². The first kappa shape index (κ1) is 16.9. The summed E-state index contributed by atoms with van der Waals surface area (Å²) in [5.74, 6) is 0.836. The molecular weight excluding hydrogens is 381 g/mol. The van der Waals surface area contributed by atoms with Gasteiger partial charge in [0.25, 0.3) is 0 Å². The van der Waals surface area contributed by atoms with Crippen molar-refractivity contribution in [1.82, 2.24) is 19.5 Å². The van der Waals surface area contributed by atoms with Crippen LogP contribution in [0.3, 0.4) is 0 Å². The first-order valence-electron chi connectivity index (χ1n) is 8.80. The van der Waals surface area contributed by atoms with Gasteiger partial charge in [-0.1, -0.05) is 23.7 Å². The quantitative estimate of drug-likeness (QED) is 0.504. The van der Waals surface area contributed by atoms with Gasteiger partial charge in [0.2, 0.25) is 5.88 Å². The third-order valence-corrected chi connectivity index (χ3v) is 5.01. The molecule has 4 heterocycles. The second kappa shape index (κ2) is 6.45. The summed E-state index contributed by atoms with van der Waals surface area (Å²) in [4.78, 5) is 12.7. The summed E-state index contributed by atoms with van der Waals surface area (Å²) in [5.41, 5.74) is 3.00. The lowest BCUT2D eigenvalue weighted by Crippen LogP contribution is -1.97. The molecule has 3 aromatic heterocycles. The van der Waals surface area contributed by atoms with Crippen molar-refractivity contribution in [2.45, 2.75) is 13.5 Å². The molecule has 0 amide bonds. The van der Waals surface area contributed by atoms with E-state index in [4.69, 9.17) is 16.3 Å². The molecule has 1 aliphatic rings. The number of nitrogens with zero attached hydrogens (tertiary/aromatic N) is 4.